The molecule has 0 radical (unpaired) electrons. The zero-order valence-corrected chi connectivity index (χ0v) is 12.0. The third kappa shape index (κ3) is 3.18. The van der Waals surface area contributed by atoms with Gasteiger partial charge in [0.05, 0.1) is 16.6 Å². The Morgan fingerprint density at radius 1 is 1.19 bits per heavy atom. The van der Waals surface area contributed by atoms with Crippen molar-refractivity contribution in [1.82, 2.24) is 4.98 Å². The van der Waals surface area contributed by atoms with Gasteiger partial charge >= 0.3 is 0 Å². The second-order valence-electron chi connectivity index (χ2n) is 4.56. The molecule has 0 fully saturated rings. The second-order valence-corrected chi connectivity index (χ2v) is 5.59. The van der Waals surface area contributed by atoms with Gasteiger partial charge in [-0.2, -0.15) is 0 Å². The lowest BCUT2D eigenvalue weighted by Gasteiger charge is -2.05. The van der Waals surface area contributed by atoms with Gasteiger partial charge in [-0.05, 0) is 23.8 Å². The number of carbonyl (C=O) groups excluding carboxylic acids is 1. The van der Waals surface area contributed by atoms with Crippen molar-refractivity contribution < 1.29 is 4.79 Å². The molecular weight excluding hydrogens is 284 g/mol. The minimum atomic E-state index is -0.0396. The van der Waals surface area contributed by atoms with E-state index in [9.17, 15) is 4.79 Å². The number of thiazole rings is 1. The van der Waals surface area contributed by atoms with Crippen molar-refractivity contribution in [1.29, 1.82) is 0 Å². The van der Waals surface area contributed by atoms with E-state index in [1.807, 2.05) is 48.5 Å². The number of nitrogen functional groups attached to an aromatic ring is 1. The minimum absolute atomic E-state index is 0.0396. The molecule has 6 heteroatoms. The van der Waals surface area contributed by atoms with Crippen LogP contribution in [-0.2, 0) is 11.2 Å². The SMILES string of the molecule is NNc1nc2ccc(NC(=O)Cc3ccccc3)cc2s1. The average Bonchev–Trinajstić information content (AvgIpc) is 2.90. The molecule has 1 amide bonds. The Hall–Kier alpha value is -2.44. The molecule has 1 heterocycles. The van der Waals surface area contributed by atoms with E-state index in [4.69, 9.17) is 5.84 Å². The first-order valence-electron chi connectivity index (χ1n) is 6.45. The second kappa shape index (κ2) is 5.90. The Balaban J connectivity index is 1.73. The molecule has 0 aliphatic heterocycles. The van der Waals surface area contributed by atoms with E-state index in [0.29, 0.717) is 11.6 Å². The van der Waals surface area contributed by atoms with Crippen LogP contribution in [0.5, 0.6) is 0 Å². The minimum Gasteiger partial charge on any atom is -0.326 e. The third-order valence-electron chi connectivity index (χ3n) is 3.00. The summed E-state index contributed by atoms with van der Waals surface area (Å²) >= 11 is 1.44. The molecule has 106 valence electrons. The summed E-state index contributed by atoms with van der Waals surface area (Å²) in [5.41, 5.74) is 5.13. The van der Waals surface area contributed by atoms with Crippen molar-refractivity contribution in [3.8, 4) is 0 Å². The van der Waals surface area contributed by atoms with E-state index < -0.39 is 0 Å². The molecule has 21 heavy (non-hydrogen) atoms. The molecular formula is C15H14N4OS. The van der Waals surface area contributed by atoms with Gasteiger partial charge in [-0.3, -0.25) is 10.2 Å². The fourth-order valence-corrected chi connectivity index (χ4v) is 2.87. The van der Waals surface area contributed by atoms with Gasteiger partial charge in [-0.1, -0.05) is 41.7 Å². The Bertz CT molecular complexity index is 770. The molecule has 0 atom stereocenters. The lowest BCUT2D eigenvalue weighted by atomic mass is 10.1. The quantitative estimate of drug-likeness (QED) is 0.511. The van der Waals surface area contributed by atoms with E-state index >= 15 is 0 Å². The number of hydrogen-bond donors (Lipinski definition) is 3. The first kappa shape index (κ1) is 13.5. The molecule has 4 N–H and O–H groups in total. The smallest absolute Gasteiger partial charge is 0.228 e. The van der Waals surface area contributed by atoms with E-state index in [1.54, 1.807) is 0 Å². The molecule has 1 aromatic heterocycles. The highest BCUT2D eigenvalue weighted by Crippen LogP contribution is 2.27. The largest absolute Gasteiger partial charge is 0.326 e. The topological polar surface area (TPSA) is 80.0 Å². The van der Waals surface area contributed by atoms with Crippen molar-refractivity contribution in [2.75, 3.05) is 10.7 Å². The zero-order chi connectivity index (χ0) is 14.7. The Labute approximate surface area is 125 Å². The van der Waals surface area contributed by atoms with Crippen LogP contribution < -0.4 is 16.6 Å². The van der Waals surface area contributed by atoms with Crippen LogP contribution in [0.3, 0.4) is 0 Å². The summed E-state index contributed by atoms with van der Waals surface area (Å²) in [6.45, 7) is 0. The first-order chi connectivity index (χ1) is 10.2. The number of nitrogens with zero attached hydrogens (tertiary/aromatic N) is 1. The van der Waals surface area contributed by atoms with Crippen molar-refractivity contribution >= 4 is 38.3 Å². The highest BCUT2D eigenvalue weighted by molar-refractivity contribution is 7.22. The molecule has 0 unspecified atom stereocenters. The molecule has 0 saturated carbocycles. The lowest BCUT2D eigenvalue weighted by Crippen LogP contribution is -2.14. The van der Waals surface area contributed by atoms with Crippen molar-refractivity contribution in [3.63, 3.8) is 0 Å². The van der Waals surface area contributed by atoms with E-state index in [-0.39, 0.29) is 5.91 Å². The van der Waals surface area contributed by atoms with Crippen LogP contribution in [0.25, 0.3) is 10.2 Å². The average molecular weight is 298 g/mol. The zero-order valence-electron chi connectivity index (χ0n) is 11.2. The van der Waals surface area contributed by atoms with Gasteiger partial charge in [0.25, 0.3) is 0 Å². The molecule has 5 nitrogen and oxygen atoms in total. The number of anilines is 2. The van der Waals surface area contributed by atoms with Gasteiger partial charge in [0.1, 0.15) is 0 Å². The van der Waals surface area contributed by atoms with Gasteiger partial charge < -0.3 is 5.32 Å². The summed E-state index contributed by atoms with van der Waals surface area (Å²) in [6, 6.07) is 15.3. The number of rotatable bonds is 4. The fraction of sp³-hybridized carbons (Fsp3) is 0.0667. The summed E-state index contributed by atoms with van der Waals surface area (Å²) in [6.07, 6.45) is 0.358. The number of hydrazine groups is 1. The van der Waals surface area contributed by atoms with Crippen LogP contribution in [0, 0.1) is 0 Å². The van der Waals surface area contributed by atoms with Crippen LogP contribution in [0.4, 0.5) is 10.8 Å². The normalized spacial score (nSPS) is 10.5. The maximum absolute atomic E-state index is 12.0. The van der Waals surface area contributed by atoms with E-state index in [1.165, 1.54) is 11.3 Å². The van der Waals surface area contributed by atoms with Crippen LogP contribution in [-0.4, -0.2) is 10.9 Å². The highest BCUT2D eigenvalue weighted by Gasteiger charge is 2.07. The van der Waals surface area contributed by atoms with Gasteiger partial charge in [0.2, 0.25) is 5.91 Å². The number of nitrogens with two attached hydrogens (primary N) is 1. The summed E-state index contributed by atoms with van der Waals surface area (Å²) in [4.78, 5) is 16.3. The maximum Gasteiger partial charge on any atom is 0.228 e. The fourth-order valence-electron chi connectivity index (χ4n) is 2.05. The van der Waals surface area contributed by atoms with Crippen molar-refractivity contribution in [2.24, 2.45) is 5.84 Å². The summed E-state index contributed by atoms with van der Waals surface area (Å²) in [5, 5.41) is 3.55. The maximum atomic E-state index is 12.0. The molecule has 0 saturated heterocycles. The van der Waals surface area contributed by atoms with Crippen LogP contribution in [0.1, 0.15) is 5.56 Å². The lowest BCUT2D eigenvalue weighted by molar-refractivity contribution is -0.115. The Kier molecular flexibility index (Phi) is 3.81. The van der Waals surface area contributed by atoms with Gasteiger partial charge in [0.15, 0.2) is 5.13 Å². The number of hydrogen-bond acceptors (Lipinski definition) is 5. The Morgan fingerprint density at radius 3 is 2.76 bits per heavy atom. The molecule has 0 aliphatic carbocycles. The molecule has 2 aromatic carbocycles. The van der Waals surface area contributed by atoms with Gasteiger partial charge in [-0.25, -0.2) is 10.8 Å². The standard InChI is InChI=1S/C15H14N4OS/c16-19-15-18-12-7-6-11(9-13(12)21-15)17-14(20)8-10-4-2-1-3-5-10/h1-7,9H,8,16H2,(H,17,20)(H,18,19). The summed E-state index contributed by atoms with van der Waals surface area (Å²) in [7, 11) is 0. The number of amides is 1. The van der Waals surface area contributed by atoms with E-state index in [2.05, 4.69) is 15.7 Å². The molecule has 0 aliphatic rings. The molecule has 3 aromatic rings. The number of benzene rings is 2. The van der Waals surface area contributed by atoms with Crippen molar-refractivity contribution in [2.45, 2.75) is 6.42 Å². The summed E-state index contributed by atoms with van der Waals surface area (Å²) < 4.78 is 0.973. The third-order valence-corrected chi connectivity index (χ3v) is 3.95. The number of fused-ring (bicyclic) bond motifs is 1. The molecule has 3 rings (SSSR count). The Morgan fingerprint density at radius 2 is 2.00 bits per heavy atom. The van der Waals surface area contributed by atoms with Crippen LogP contribution >= 0.6 is 11.3 Å². The first-order valence-corrected chi connectivity index (χ1v) is 7.27. The predicted molar refractivity (Wildman–Crippen MR) is 86.2 cm³/mol. The van der Waals surface area contributed by atoms with Crippen molar-refractivity contribution in [3.05, 3.63) is 54.1 Å². The van der Waals surface area contributed by atoms with Crippen LogP contribution in [0.15, 0.2) is 48.5 Å². The number of nitrogens with one attached hydrogen (secondary N) is 2. The van der Waals surface area contributed by atoms with Crippen LogP contribution in [0.2, 0.25) is 0 Å². The van der Waals surface area contributed by atoms with E-state index in [0.717, 1.165) is 21.5 Å². The highest BCUT2D eigenvalue weighted by atomic mass is 32.1. The number of aromatic nitrogens is 1. The number of carbonyl (C=O) groups is 1. The molecule has 0 spiro atoms. The summed E-state index contributed by atoms with van der Waals surface area (Å²) in [5.74, 6) is 5.31. The predicted octanol–water partition coefficient (Wildman–Crippen LogP) is 2.76. The van der Waals surface area contributed by atoms with Gasteiger partial charge in [-0.15, -0.1) is 0 Å². The van der Waals surface area contributed by atoms with Gasteiger partial charge in [0, 0.05) is 5.69 Å². The monoisotopic (exact) mass is 298 g/mol. The molecule has 0 bridgehead atoms.